The van der Waals surface area contributed by atoms with Gasteiger partial charge in [0.05, 0.1) is 23.5 Å². The lowest BCUT2D eigenvalue weighted by Crippen LogP contribution is -2.30. The summed E-state index contributed by atoms with van der Waals surface area (Å²) in [4.78, 5) is 32.2. The number of aromatic nitrogens is 3. The van der Waals surface area contributed by atoms with Gasteiger partial charge in [-0.2, -0.15) is 5.10 Å². The number of hydrogen-bond acceptors (Lipinski definition) is 6. The molecule has 0 unspecified atom stereocenters. The van der Waals surface area contributed by atoms with Crippen molar-refractivity contribution in [1.29, 1.82) is 0 Å². The van der Waals surface area contributed by atoms with Crippen LogP contribution in [0.25, 0.3) is 10.6 Å². The van der Waals surface area contributed by atoms with E-state index in [2.05, 4.69) is 10.1 Å². The molecule has 0 bridgehead atoms. The molecule has 7 nitrogen and oxygen atoms in total. The average Bonchev–Trinajstić information content (AvgIpc) is 3.07. The lowest BCUT2D eigenvalue weighted by Gasteiger charge is -2.17. The fraction of sp³-hybridized carbons (Fsp3) is 0.364. The van der Waals surface area contributed by atoms with Gasteiger partial charge >= 0.3 is 0 Å². The molecule has 3 aromatic rings. The van der Waals surface area contributed by atoms with Crippen molar-refractivity contribution in [3.63, 3.8) is 0 Å². The normalized spacial score (nSPS) is 10.9. The first kappa shape index (κ1) is 21.7. The number of rotatable bonds is 6. The molecular weight excluding hydrogens is 400 g/mol. The summed E-state index contributed by atoms with van der Waals surface area (Å²) in [5, 5.41) is 4.75. The summed E-state index contributed by atoms with van der Waals surface area (Å²) in [7, 11) is 3.36. The first-order valence-corrected chi connectivity index (χ1v) is 10.5. The number of ether oxygens (including phenoxy) is 1. The Morgan fingerprint density at radius 2 is 1.93 bits per heavy atom. The number of nitrogens with zero attached hydrogens (tertiary/aromatic N) is 4. The highest BCUT2D eigenvalue weighted by molar-refractivity contribution is 7.17. The van der Waals surface area contributed by atoms with E-state index in [1.54, 1.807) is 25.9 Å². The van der Waals surface area contributed by atoms with Crippen molar-refractivity contribution in [2.75, 3.05) is 20.2 Å². The smallest absolute Gasteiger partial charge is 0.277 e. The van der Waals surface area contributed by atoms with E-state index in [4.69, 9.17) is 4.74 Å². The van der Waals surface area contributed by atoms with E-state index in [9.17, 15) is 9.59 Å². The molecule has 0 radical (unpaired) electrons. The number of benzene rings is 1. The molecule has 0 atom stereocenters. The summed E-state index contributed by atoms with van der Waals surface area (Å²) in [6.45, 7) is 8.33. The van der Waals surface area contributed by atoms with Gasteiger partial charge in [-0.05, 0) is 51.0 Å². The third kappa shape index (κ3) is 4.43. The molecule has 1 amide bonds. The van der Waals surface area contributed by atoms with Crippen molar-refractivity contribution < 1.29 is 9.53 Å². The van der Waals surface area contributed by atoms with Gasteiger partial charge in [0.2, 0.25) is 0 Å². The van der Waals surface area contributed by atoms with Crippen LogP contribution in [0, 0.1) is 27.7 Å². The highest BCUT2D eigenvalue weighted by Gasteiger charge is 2.23. The van der Waals surface area contributed by atoms with E-state index in [-0.39, 0.29) is 11.5 Å². The van der Waals surface area contributed by atoms with E-state index < -0.39 is 0 Å². The lowest BCUT2D eigenvalue weighted by molar-refractivity contribution is 0.0777. The Morgan fingerprint density at radius 3 is 2.63 bits per heavy atom. The molecule has 0 aliphatic rings. The molecule has 0 fully saturated rings. The van der Waals surface area contributed by atoms with Gasteiger partial charge in [0.15, 0.2) is 0 Å². The van der Waals surface area contributed by atoms with E-state index in [0.717, 1.165) is 22.6 Å². The SMILES string of the molecule is Cc1cccc(OCCN(C)C(=O)c2sc(-c3c(C)c(C)nn(C)c3=O)nc2C)c1. The molecular formula is C22H26N4O3S. The summed E-state index contributed by atoms with van der Waals surface area (Å²) >= 11 is 1.24. The third-order valence-electron chi connectivity index (χ3n) is 4.96. The number of carbonyl (C=O) groups is 1. The van der Waals surface area contributed by atoms with Crippen LogP contribution in [-0.4, -0.2) is 45.8 Å². The van der Waals surface area contributed by atoms with Gasteiger partial charge < -0.3 is 9.64 Å². The van der Waals surface area contributed by atoms with Crippen LogP contribution < -0.4 is 10.3 Å². The predicted octanol–water partition coefficient (Wildman–Crippen LogP) is 3.29. The third-order valence-corrected chi connectivity index (χ3v) is 6.12. The molecule has 2 heterocycles. The standard InChI is InChI=1S/C22H26N4O3S/c1-13-8-7-9-17(12-13)29-11-10-25(5)22(28)19-16(4)23-20(30-19)18-14(2)15(3)24-26(6)21(18)27/h7-9,12H,10-11H2,1-6H3. The van der Waals surface area contributed by atoms with Crippen molar-refractivity contribution in [2.24, 2.45) is 7.05 Å². The first-order chi connectivity index (χ1) is 14.2. The van der Waals surface area contributed by atoms with Gasteiger partial charge in [-0.3, -0.25) is 9.59 Å². The van der Waals surface area contributed by atoms with Crippen LogP contribution in [0.5, 0.6) is 5.75 Å². The minimum Gasteiger partial charge on any atom is -0.492 e. The molecule has 0 saturated heterocycles. The Bertz CT molecular complexity index is 1150. The number of amides is 1. The molecule has 30 heavy (non-hydrogen) atoms. The highest BCUT2D eigenvalue weighted by Crippen LogP contribution is 2.29. The summed E-state index contributed by atoms with van der Waals surface area (Å²) in [6.07, 6.45) is 0. The molecule has 2 aromatic heterocycles. The van der Waals surface area contributed by atoms with Gasteiger partial charge in [-0.1, -0.05) is 12.1 Å². The molecule has 0 spiro atoms. The highest BCUT2D eigenvalue weighted by atomic mass is 32.1. The Balaban J connectivity index is 1.76. The Hall–Kier alpha value is -3.00. The van der Waals surface area contributed by atoms with Crippen molar-refractivity contribution in [1.82, 2.24) is 19.7 Å². The molecule has 0 aliphatic heterocycles. The maximum Gasteiger partial charge on any atom is 0.277 e. The second-order valence-electron chi connectivity index (χ2n) is 7.34. The quantitative estimate of drug-likeness (QED) is 0.604. The van der Waals surface area contributed by atoms with Gasteiger partial charge in [-0.25, -0.2) is 9.67 Å². The maximum atomic E-state index is 13.0. The summed E-state index contributed by atoms with van der Waals surface area (Å²) in [6, 6.07) is 7.80. The fourth-order valence-corrected chi connectivity index (χ4v) is 4.24. The molecule has 8 heteroatoms. The van der Waals surface area contributed by atoms with Crippen LogP contribution in [0.15, 0.2) is 29.1 Å². The molecule has 158 valence electrons. The Morgan fingerprint density at radius 1 is 1.20 bits per heavy atom. The Kier molecular flexibility index (Phi) is 6.36. The first-order valence-electron chi connectivity index (χ1n) is 9.66. The van der Waals surface area contributed by atoms with Gasteiger partial charge in [0, 0.05) is 14.1 Å². The van der Waals surface area contributed by atoms with E-state index in [1.807, 2.05) is 45.0 Å². The van der Waals surface area contributed by atoms with Crippen LogP contribution in [0.2, 0.25) is 0 Å². The monoisotopic (exact) mass is 426 g/mol. The number of likely N-dealkylation sites (N-methyl/N-ethyl adjacent to an activating group) is 1. The summed E-state index contributed by atoms with van der Waals surface area (Å²) < 4.78 is 7.06. The number of thiazole rings is 1. The Labute approximate surface area is 180 Å². The number of carbonyl (C=O) groups excluding carboxylic acids is 1. The molecule has 0 N–H and O–H groups in total. The molecule has 0 aliphatic carbocycles. The molecule has 0 saturated carbocycles. The fourth-order valence-electron chi connectivity index (χ4n) is 3.08. The second kappa shape index (κ2) is 8.79. The predicted molar refractivity (Wildman–Crippen MR) is 118 cm³/mol. The number of hydrogen-bond donors (Lipinski definition) is 0. The van der Waals surface area contributed by atoms with Crippen LogP contribution in [-0.2, 0) is 7.05 Å². The number of aryl methyl sites for hydroxylation is 4. The van der Waals surface area contributed by atoms with E-state index in [1.165, 1.54) is 16.0 Å². The van der Waals surface area contributed by atoms with E-state index in [0.29, 0.717) is 34.3 Å². The topological polar surface area (TPSA) is 77.3 Å². The minimum absolute atomic E-state index is 0.135. The van der Waals surface area contributed by atoms with Gasteiger partial charge in [0.25, 0.3) is 11.5 Å². The minimum atomic E-state index is -0.217. The zero-order valence-corrected chi connectivity index (χ0v) is 19.0. The second-order valence-corrected chi connectivity index (χ2v) is 8.34. The van der Waals surface area contributed by atoms with Crippen molar-refractivity contribution in [3.8, 4) is 16.3 Å². The van der Waals surface area contributed by atoms with Gasteiger partial charge in [0.1, 0.15) is 22.2 Å². The summed E-state index contributed by atoms with van der Waals surface area (Å²) in [5.41, 5.74) is 3.57. The van der Waals surface area contributed by atoms with Crippen LogP contribution >= 0.6 is 11.3 Å². The van der Waals surface area contributed by atoms with Crippen molar-refractivity contribution >= 4 is 17.2 Å². The maximum absolute atomic E-state index is 13.0. The zero-order chi connectivity index (χ0) is 22.0. The van der Waals surface area contributed by atoms with Crippen molar-refractivity contribution in [3.05, 3.63) is 62.0 Å². The van der Waals surface area contributed by atoms with Gasteiger partial charge in [-0.15, -0.1) is 11.3 Å². The zero-order valence-electron chi connectivity index (χ0n) is 18.1. The molecule has 1 aromatic carbocycles. The largest absolute Gasteiger partial charge is 0.492 e. The van der Waals surface area contributed by atoms with Crippen LogP contribution in [0.4, 0.5) is 0 Å². The van der Waals surface area contributed by atoms with E-state index >= 15 is 0 Å². The lowest BCUT2D eigenvalue weighted by atomic mass is 10.1. The van der Waals surface area contributed by atoms with Crippen LogP contribution in [0.1, 0.15) is 32.2 Å². The molecule has 3 rings (SSSR count). The summed E-state index contributed by atoms with van der Waals surface area (Å²) in [5.74, 6) is 0.649. The van der Waals surface area contributed by atoms with Crippen LogP contribution in [0.3, 0.4) is 0 Å². The van der Waals surface area contributed by atoms with Crippen molar-refractivity contribution in [2.45, 2.75) is 27.7 Å². The average molecular weight is 427 g/mol.